The molecule has 21 heteroatoms. The minimum Gasteiger partial charge on any atom is -0.508 e. The maximum absolute atomic E-state index is 13.6. The normalized spacial score (nSPS) is 13.9. The zero-order valence-electron chi connectivity index (χ0n) is 36.5. The minimum atomic E-state index is -1.03. The standard InChI is InChI=1S/C43H60N10O11/c1-26(2)38(46-19-20-48-43(63)64-23-21-45-35(56)17-22-53-36(57)15-16-37(53)58)41(61)52-34(6-5-18-47-42(44)62)40(60)51-31-11-9-30(10-12-31)50-39(59)27(3)24-32(49-28(4)54)25-29-7-13-33(55)14-8-29/h7-16,26-27,32,34,38,46,55H,5-6,17-25H2,1-4H3,(H,45,56)(H,48,63)(H,49,54)(H,50,59)(H,51,60)(H,52,61)(H3,44,47,62)/t27?,32?,34-,38-/m0/s1. The molecule has 0 radical (unpaired) electrons. The molecule has 21 nitrogen and oxygen atoms in total. The molecule has 1 aliphatic rings. The van der Waals surface area contributed by atoms with Crippen LogP contribution in [0.5, 0.6) is 5.75 Å². The van der Waals surface area contributed by atoms with E-state index in [1.165, 1.54) is 6.92 Å². The number of hydrogen-bond acceptors (Lipinski definition) is 12. The topological polar surface area (TPSA) is 309 Å². The fourth-order valence-corrected chi connectivity index (χ4v) is 6.47. The fourth-order valence-electron chi connectivity index (χ4n) is 6.47. The van der Waals surface area contributed by atoms with Gasteiger partial charge in [0, 0.05) is 75.0 Å². The second kappa shape index (κ2) is 26.4. The lowest BCUT2D eigenvalue weighted by atomic mass is 9.95. The number of ether oxygens (including phenoxy) is 1. The van der Waals surface area contributed by atoms with Crippen molar-refractivity contribution < 1.29 is 53.0 Å². The highest BCUT2D eigenvalue weighted by atomic mass is 16.5. The van der Waals surface area contributed by atoms with Gasteiger partial charge in [0.2, 0.25) is 29.5 Å². The number of carbonyl (C=O) groups is 9. The first-order valence-electron chi connectivity index (χ1n) is 21.0. The minimum absolute atomic E-state index is 0.00500. The Hall–Kier alpha value is -7.03. The van der Waals surface area contributed by atoms with Gasteiger partial charge in [0.1, 0.15) is 18.4 Å². The predicted octanol–water partition coefficient (Wildman–Crippen LogP) is 0.748. The number of amides is 10. The first kappa shape index (κ1) is 51.3. The van der Waals surface area contributed by atoms with E-state index in [0.717, 1.165) is 22.6 Å². The molecule has 1 heterocycles. The van der Waals surface area contributed by atoms with E-state index >= 15 is 0 Å². The van der Waals surface area contributed by atoms with E-state index < -0.39 is 59.7 Å². The molecule has 4 atom stereocenters. The van der Waals surface area contributed by atoms with E-state index in [0.29, 0.717) is 30.6 Å². The number of imide groups is 1. The van der Waals surface area contributed by atoms with Crippen molar-refractivity contribution in [1.29, 1.82) is 0 Å². The molecule has 10 amide bonds. The molecule has 11 N–H and O–H groups in total. The molecule has 3 rings (SSSR count). The Morgan fingerprint density at radius 2 is 1.38 bits per heavy atom. The highest BCUT2D eigenvalue weighted by Crippen LogP contribution is 2.19. The fraction of sp³-hybridized carbons (Fsp3) is 0.465. The Morgan fingerprint density at radius 3 is 1.97 bits per heavy atom. The van der Waals surface area contributed by atoms with Gasteiger partial charge in [-0.25, -0.2) is 9.59 Å². The summed E-state index contributed by atoms with van der Waals surface area (Å²) in [6.45, 7) is 6.94. The number of aromatic hydroxyl groups is 1. The Labute approximate surface area is 371 Å². The maximum atomic E-state index is 13.6. The van der Waals surface area contributed by atoms with Gasteiger partial charge in [-0.15, -0.1) is 0 Å². The Balaban J connectivity index is 1.48. The first-order valence-corrected chi connectivity index (χ1v) is 21.0. The number of nitrogens with zero attached hydrogens (tertiary/aromatic N) is 1. The largest absolute Gasteiger partial charge is 0.508 e. The molecular formula is C43H60N10O11. The van der Waals surface area contributed by atoms with Crippen molar-refractivity contribution in [1.82, 2.24) is 36.8 Å². The third kappa shape index (κ3) is 18.9. The number of alkyl carbamates (subject to hydrolysis) is 1. The molecule has 0 bridgehead atoms. The molecule has 2 aromatic carbocycles. The Bertz CT molecular complexity index is 1960. The van der Waals surface area contributed by atoms with Gasteiger partial charge in [0.25, 0.3) is 11.8 Å². The van der Waals surface area contributed by atoms with E-state index in [2.05, 4.69) is 42.5 Å². The van der Waals surface area contributed by atoms with Gasteiger partial charge in [-0.2, -0.15) is 0 Å². The number of urea groups is 1. The van der Waals surface area contributed by atoms with Crippen molar-refractivity contribution in [2.24, 2.45) is 17.6 Å². The Morgan fingerprint density at radius 1 is 0.750 bits per heavy atom. The number of nitrogens with one attached hydrogen (secondary N) is 8. The van der Waals surface area contributed by atoms with Crippen LogP contribution < -0.4 is 48.3 Å². The molecular weight excluding hydrogens is 833 g/mol. The highest BCUT2D eigenvalue weighted by Gasteiger charge is 2.28. The van der Waals surface area contributed by atoms with E-state index in [-0.39, 0.29) is 81.7 Å². The van der Waals surface area contributed by atoms with E-state index in [1.54, 1.807) is 69.3 Å². The number of phenols is 1. The smallest absolute Gasteiger partial charge is 0.407 e. The van der Waals surface area contributed by atoms with Gasteiger partial charge in [0.05, 0.1) is 12.6 Å². The molecule has 0 aliphatic carbocycles. The second-order valence-electron chi connectivity index (χ2n) is 15.5. The van der Waals surface area contributed by atoms with Crippen LogP contribution in [0.3, 0.4) is 0 Å². The maximum Gasteiger partial charge on any atom is 0.407 e. The van der Waals surface area contributed by atoms with Crippen LogP contribution in [0, 0.1) is 11.8 Å². The van der Waals surface area contributed by atoms with Crippen molar-refractivity contribution in [3.63, 3.8) is 0 Å². The highest BCUT2D eigenvalue weighted by molar-refractivity contribution is 6.13. The van der Waals surface area contributed by atoms with Gasteiger partial charge >= 0.3 is 12.1 Å². The van der Waals surface area contributed by atoms with Gasteiger partial charge in [0.15, 0.2) is 0 Å². The first-order chi connectivity index (χ1) is 30.4. The Kier molecular flexibility index (Phi) is 21.2. The summed E-state index contributed by atoms with van der Waals surface area (Å²) in [7, 11) is 0. The molecule has 64 heavy (non-hydrogen) atoms. The van der Waals surface area contributed by atoms with E-state index in [9.17, 15) is 48.3 Å². The van der Waals surface area contributed by atoms with Gasteiger partial charge in [-0.3, -0.25) is 38.5 Å². The van der Waals surface area contributed by atoms with Crippen LogP contribution in [0.25, 0.3) is 0 Å². The lowest BCUT2D eigenvalue weighted by Gasteiger charge is -2.25. The van der Waals surface area contributed by atoms with Gasteiger partial charge in [-0.05, 0) is 73.6 Å². The summed E-state index contributed by atoms with van der Waals surface area (Å²) < 4.78 is 5.06. The average Bonchev–Trinajstić information content (AvgIpc) is 3.56. The van der Waals surface area contributed by atoms with Gasteiger partial charge in [-0.1, -0.05) is 32.9 Å². The number of primary amides is 1. The molecule has 0 aromatic heterocycles. The van der Waals surface area contributed by atoms with Crippen LogP contribution in [-0.2, 0) is 44.7 Å². The number of nitrogens with two attached hydrogens (primary N) is 1. The number of hydrogen-bond donors (Lipinski definition) is 10. The summed E-state index contributed by atoms with van der Waals surface area (Å²) in [5.74, 6) is -3.54. The summed E-state index contributed by atoms with van der Waals surface area (Å²) in [6.07, 6.45) is 2.65. The van der Waals surface area contributed by atoms with Crippen LogP contribution in [-0.4, -0.2) is 121 Å². The second-order valence-corrected chi connectivity index (χ2v) is 15.5. The molecule has 0 spiro atoms. The van der Waals surface area contributed by atoms with Crippen molar-refractivity contribution in [2.75, 3.05) is 50.0 Å². The van der Waals surface area contributed by atoms with Crippen molar-refractivity contribution in [2.45, 2.75) is 77.9 Å². The van der Waals surface area contributed by atoms with E-state index in [1.807, 2.05) is 0 Å². The molecule has 0 saturated carbocycles. The summed E-state index contributed by atoms with van der Waals surface area (Å²) in [4.78, 5) is 112. The number of benzene rings is 2. The summed E-state index contributed by atoms with van der Waals surface area (Å²) in [6, 6.07) is 10.2. The molecule has 0 fully saturated rings. The molecule has 1 aliphatic heterocycles. The van der Waals surface area contributed by atoms with Crippen molar-refractivity contribution in [3.8, 4) is 5.75 Å². The lowest BCUT2D eigenvalue weighted by molar-refractivity contribution is -0.137. The predicted molar refractivity (Wildman–Crippen MR) is 235 cm³/mol. The van der Waals surface area contributed by atoms with Crippen molar-refractivity contribution in [3.05, 3.63) is 66.2 Å². The average molecular weight is 893 g/mol. The number of rotatable bonds is 26. The van der Waals surface area contributed by atoms with Gasteiger partial charge < -0.3 is 58.1 Å². The summed E-state index contributed by atoms with van der Waals surface area (Å²) >= 11 is 0. The van der Waals surface area contributed by atoms with Crippen molar-refractivity contribution >= 4 is 64.8 Å². The van der Waals surface area contributed by atoms with Crippen LogP contribution in [0.1, 0.15) is 58.9 Å². The summed E-state index contributed by atoms with van der Waals surface area (Å²) in [5.41, 5.74) is 6.92. The van der Waals surface area contributed by atoms with Crippen LogP contribution in [0.4, 0.5) is 21.0 Å². The zero-order chi connectivity index (χ0) is 47.2. The molecule has 348 valence electrons. The SMILES string of the molecule is CC(=O)NC(Cc1ccc(O)cc1)CC(C)C(=O)Nc1ccc(NC(=O)[C@H](CCCNC(N)=O)NC(=O)[C@@H](NCCNC(=O)OCCNC(=O)CCN2C(=O)C=CC2=O)C(C)C)cc1. The van der Waals surface area contributed by atoms with E-state index in [4.69, 9.17) is 10.5 Å². The lowest BCUT2D eigenvalue weighted by Crippen LogP contribution is -2.54. The number of phenolic OH excluding ortho intramolecular Hbond substituents is 1. The number of carbonyl (C=O) groups excluding carboxylic acids is 9. The third-order valence-electron chi connectivity index (χ3n) is 9.76. The third-order valence-corrected chi connectivity index (χ3v) is 9.76. The van der Waals surface area contributed by atoms with Crippen LogP contribution in [0.15, 0.2) is 60.7 Å². The molecule has 0 saturated heterocycles. The van der Waals surface area contributed by atoms with Crippen LogP contribution in [0.2, 0.25) is 0 Å². The molecule has 2 aromatic rings. The van der Waals surface area contributed by atoms with Crippen LogP contribution >= 0.6 is 0 Å². The quantitative estimate of drug-likeness (QED) is 0.0462. The monoisotopic (exact) mass is 892 g/mol. The molecule has 2 unspecified atom stereocenters. The zero-order valence-corrected chi connectivity index (χ0v) is 36.5. The number of anilines is 2. The summed E-state index contributed by atoms with van der Waals surface area (Å²) in [5, 5.41) is 31.5.